The minimum Gasteiger partial charge on any atom is -0.469 e. The zero-order valence-corrected chi connectivity index (χ0v) is 17.9. The number of ether oxygens (including phenoxy) is 2. The number of halogens is 4. The predicted octanol–water partition coefficient (Wildman–Crippen LogP) is 5.98. The molecule has 2 aromatic rings. The van der Waals surface area contributed by atoms with E-state index in [2.05, 4.69) is 9.47 Å². The molecule has 0 fully saturated rings. The van der Waals surface area contributed by atoms with Crippen LogP contribution in [0, 0.1) is 0 Å². The SMILES string of the molecule is COC(=O)C(C)c1ccc(Cl)c(Cl)c1.COC(=O)Cc1ccc(Cl)c(Cl)c1. The maximum Gasteiger partial charge on any atom is 0.312 e. The molecule has 0 aliphatic carbocycles. The molecular weight excluding hydrogens is 434 g/mol. The zero-order chi connectivity index (χ0) is 20.6. The van der Waals surface area contributed by atoms with Gasteiger partial charge >= 0.3 is 11.9 Å². The molecule has 0 saturated carbocycles. The molecule has 0 spiro atoms. The standard InChI is InChI=1S/C10H10Cl2O2.C9H8Cl2O2/c1-6(10(13)14-2)7-3-4-8(11)9(12)5-7;1-13-9(12)5-6-2-3-7(10)8(11)4-6/h3-6H,1-2H3;2-4H,5H2,1H3. The summed E-state index contributed by atoms with van der Waals surface area (Å²) >= 11 is 23.0. The molecule has 27 heavy (non-hydrogen) atoms. The van der Waals surface area contributed by atoms with Crippen LogP contribution in [0.1, 0.15) is 24.0 Å². The van der Waals surface area contributed by atoms with Gasteiger partial charge in [0.15, 0.2) is 0 Å². The first-order valence-corrected chi connectivity index (χ1v) is 9.24. The molecule has 0 N–H and O–H groups in total. The first-order chi connectivity index (χ1) is 12.7. The monoisotopic (exact) mass is 450 g/mol. The van der Waals surface area contributed by atoms with Crippen molar-refractivity contribution >= 4 is 58.3 Å². The number of methoxy groups -OCH3 is 2. The largest absolute Gasteiger partial charge is 0.469 e. The van der Waals surface area contributed by atoms with Gasteiger partial charge in [0.2, 0.25) is 0 Å². The number of benzene rings is 2. The van der Waals surface area contributed by atoms with E-state index in [1.54, 1.807) is 43.3 Å². The van der Waals surface area contributed by atoms with Crippen molar-refractivity contribution < 1.29 is 19.1 Å². The first kappa shape index (κ1) is 23.6. The lowest BCUT2D eigenvalue weighted by atomic mass is 10.0. The van der Waals surface area contributed by atoms with Crippen LogP contribution >= 0.6 is 46.4 Å². The third kappa shape index (κ3) is 7.59. The predicted molar refractivity (Wildman–Crippen MR) is 109 cm³/mol. The fourth-order valence-corrected chi connectivity index (χ4v) is 2.61. The summed E-state index contributed by atoms with van der Waals surface area (Å²) < 4.78 is 9.13. The van der Waals surface area contributed by atoms with E-state index in [4.69, 9.17) is 46.4 Å². The maximum absolute atomic E-state index is 11.2. The second kappa shape index (κ2) is 11.4. The molecule has 2 aromatic carbocycles. The molecule has 0 amide bonds. The Morgan fingerprint density at radius 1 is 0.852 bits per heavy atom. The van der Waals surface area contributed by atoms with Gasteiger partial charge in [0, 0.05) is 0 Å². The molecule has 0 radical (unpaired) electrons. The van der Waals surface area contributed by atoms with Gasteiger partial charge in [0.25, 0.3) is 0 Å². The van der Waals surface area contributed by atoms with Crippen LogP contribution in [0.4, 0.5) is 0 Å². The fraction of sp³-hybridized carbons (Fsp3) is 0.263. The summed E-state index contributed by atoms with van der Waals surface area (Å²) in [6, 6.07) is 10.1. The quantitative estimate of drug-likeness (QED) is 0.536. The molecule has 4 nitrogen and oxygen atoms in total. The van der Waals surface area contributed by atoms with Gasteiger partial charge in [0.1, 0.15) is 0 Å². The maximum atomic E-state index is 11.2. The van der Waals surface area contributed by atoms with E-state index in [9.17, 15) is 9.59 Å². The highest BCUT2D eigenvalue weighted by atomic mass is 35.5. The lowest BCUT2D eigenvalue weighted by molar-refractivity contribution is -0.142. The van der Waals surface area contributed by atoms with Crippen LogP contribution in [0.15, 0.2) is 36.4 Å². The highest BCUT2D eigenvalue weighted by Gasteiger charge is 2.16. The van der Waals surface area contributed by atoms with Crippen molar-refractivity contribution in [2.24, 2.45) is 0 Å². The van der Waals surface area contributed by atoms with E-state index in [-0.39, 0.29) is 24.3 Å². The van der Waals surface area contributed by atoms with E-state index in [0.29, 0.717) is 20.1 Å². The Kier molecular flexibility index (Phi) is 9.95. The third-order valence-corrected chi connectivity index (χ3v) is 5.04. The van der Waals surface area contributed by atoms with Gasteiger partial charge in [0.05, 0.1) is 46.6 Å². The molecule has 0 saturated heterocycles. The van der Waals surface area contributed by atoms with Gasteiger partial charge < -0.3 is 9.47 Å². The summed E-state index contributed by atoms with van der Waals surface area (Å²) in [6.45, 7) is 1.76. The molecule has 1 unspecified atom stereocenters. The highest BCUT2D eigenvalue weighted by molar-refractivity contribution is 6.42. The van der Waals surface area contributed by atoms with E-state index in [1.165, 1.54) is 14.2 Å². The molecule has 146 valence electrons. The molecule has 2 rings (SSSR count). The molecule has 0 aliphatic heterocycles. The van der Waals surface area contributed by atoms with Crippen LogP contribution in [0.3, 0.4) is 0 Å². The average molecular weight is 452 g/mol. The minimum absolute atomic E-state index is 0.216. The third-order valence-electron chi connectivity index (χ3n) is 3.56. The van der Waals surface area contributed by atoms with Crippen molar-refractivity contribution in [1.29, 1.82) is 0 Å². The fourth-order valence-electron chi connectivity index (χ4n) is 1.98. The lowest BCUT2D eigenvalue weighted by Gasteiger charge is -2.09. The number of esters is 2. The van der Waals surface area contributed by atoms with Crippen LogP contribution in [-0.2, 0) is 25.5 Å². The van der Waals surface area contributed by atoms with Crippen molar-refractivity contribution in [2.45, 2.75) is 19.3 Å². The van der Waals surface area contributed by atoms with Crippen LogP contribution in [0.25, 0.3) is 0 Å². The Balaban J connectivity index is 0.000000271. The molecule has 8 heteroatoms. The molecule has 0 aromatic heterocycles. The Hall–Kier alpha value is -1.46. The number of hydrogen-bond acceptors (Lipinski definition) is 4. The second-order valence-corrected chi connectivity index (χ2v) is 7.05. The van der Waals surface area contributed by atoms with Gasteiger partial charge in [-0.15, -0.1) is 0 Å². The van der Waals surface area contributed by atoms with Crippen LogP contribution < -0.4 is 0 Å². The Morgan fingerprint density at radius 3 is 1.89 bits per heavy atom. The van der Waals surface area contributed by atoms with E-state index < -0.39 is 0 Å². The number of carbonyl (C=O) groups is 2. The van der Waals surface area contributed by atoms with Gasteiger partial charge in [-0.2, -0.15) is 0 Å². The van der Waals surface area contributed by atoms with E-state index in [0.717, 1.165) is 11.1 Å². The number of carbonyl (C=O) groups excluding carboxylic acids is 2. The average Bonchev–Trinajstić information content (AvgIpc) is 2.66. The summed E-state index contributed by atoms with van der Waals surface area (Å²) in [7, 11) is 2.70. The molecule has 0 aliphatic rings. The Labute approximate surface area is 178 Å². The van der Waals surface area contributed by atoms with Gasteiger partial charge in [-0.25, -0.2) is 0 Å². The lowest BCUT2D eigenvalue weighted by Crippen LogP contribution is -2.10. The Morgan fingerprint density at radius 2 is 1.41 bits per heavy atom. The summed E-state index contributed by atoms with van der Waals surface area (Å²) in [4.78, 5) is 22.1. The van der Waals surface area contributed by atoms with Crippen molar-refractivity contribution in [3.05, 3.63) is 67.6 Å². The van der Waals surface area contributed by atoms with Crippen molar-refractivity contribution in [3.8, 4) is 0 Å². The van der Waals surface area contributed by atoms with E-state index in [1.807, 2.05) is 0 Å². The summed E-state index contributed by atoms with van der Waals surface area (Å²) in [5.41, 5.74) is 1.59. The zero-order valence-electron chi connectivity index (χ0n) is 14.9. The smallest absolute Gasteiger partial charge is 0.312 e. The second-order valence-electron chi connectivity index (χ2n) is 5.42. The minimum atomic E-state index is -0.324. The van der Waals surface area contributed by atoms with Crippen LogP contribution in [0.2, 0.25) is 20.1 Å². The summed E-state index contributed by atoms with van der Waals surface area (Å²) in [5, 5.41) is 1.85. The molecule has 1 atom stereocenters. The van der Waals surface area contributed by atoms with Crippen molar-refractivity contribution in [1.82, 2.24) is 0 Å². The van der Waals surface area contributed by atoms with Gasteiger partial charge in [-0.3, -0.25) is 9.59 Å². The van der Waals surface area contributed by atoms with Crippen molar-refractivity contribution in [2.75, 3.05) is 14.2 Å². The molecular formula is C19H18Cl4O4. The Bertz CT molecular complexity index is 808. The number of hydrogen-bond donors (Lipinski definition) is 0. The van der Waals surface area contributed by atoms with Crippen LogP contribution in [0.5, 0.6) is 0 Å². The first-order valence-electron chi connectivity index (χ1n) is 7.73. The van der Waals surface area contributed by atoms with Gasteiger partial charge in [-0.1, -0.05) is 58.5 Å². The van der Waals surface area contributed by atoms with Crippen molar-refractivity contribution in [3.63, 3.8) is 0 Å². The molecule has 0 bridgehead atoms. The highest BCUT2D eigenvalue weighted by Crippen LogP contribution is 2.27. The van der Waals surface area contributed by atoms with Crippen LogP contribution in [-0.4, -0.2) is 26.2 Å². The van der Waals surface area contributed by atoms with E-state index >= 15 is 0 Å². The summed E-state index contributed by atoms with van der Waals surface area (Å²) in [5.74, 6) is -0.906. The topological polar surface area (TPSA) is 52.6 Å². The normalized spacial score (nSPS) is 11.1. The number of rotatable bonds is 4. The molecule has 0 heterocycles. The summed E-state index contributed by atoms with van der Waals surface area (Å²) in [6.07, 6.45) is 0.216. The van der Waals surface area contributed by atoms with Gasteiger partial charge in [-0.05, 0) is 42.3 Å².